The van der Waals surface area contributed by atoms with Gasteiger partial charge in [-0.3, -0.25) is 9.69 Å². The van der Waals surface area contributed by atoms with Crippen molar-refractivity contribution < 1.29 is 9.90 Å². The van der Waals surface area contributed by atoms with Gasteiger partial charge in [0.15, 0.2) is 0 Å². The van der Waals surface area contributed by atoms with Crippen LogP contribution in [0.25, 0.3) is 0 Å². The van der Waals surface area contributed by atoms with Crippen LogP contribution in [0.5, 0.6) is 0 Å². The Morgan fingerprint density at radius 1 is 1.12 bits per heavy atom. The fourth-order valence-corrected chi connectivity index (χ4v) is 3.03. The Bertz CT molecular complexity index is 229. The van der Waals surface area contributed by atoms with Crippen molar-refractivity contribution in [2.24, 2.45) is 5.92 Å². The van der Waals surface area contributed by atoms with Crippen LogP contribution in [0.2, 0.25) is 0 Å². The first-order valence-corrected chi connectivity index (χ1v) is 6.24. The van der Waals surface area contributed by atoms with Crippen LogP contribution in [0.3, 0.4) is 0 Å². The standard InChI is InChI=1S/C12H21NO2.ClH/c14-12(15)11-7-4-8-13(11)9-10-5-2-1-3-6-10;/h10-11H,1-9H2,(H,14,15);1H. The Morgan fingerprint density at radius 2 is 1.81 bits per heavy atom. The van der Waals surface area contributed by atoms with E-state index in [9.17, 15) is 4.79 Å². The van der Waals surface area contributed by atoms with E-state index in [1.54, 1.807) is 0 Å². The van der Waals surface area contributed by atoms with Crippen molar-refractivity contribution in [3.63, 3.8) is 0 Å². The molecular weight excluding hydrogens is 226 g/mol. The van der Waals surface area contributed by atoms with Crippen LogP contribution in [0.15, 0.2) is 0 Å². The van der Waals surface area contributed by atoms with Gasteiger partial charge in [0.2, 0.25) is 0 Å². The lowest BCUT2D eigenvalue weighted by Crippen LogP contribution is -2.39. The van der Waals surface area contributed by atoms with Gasteiger partial charge in [-0.15, -0.1) is 12.4 Å². The molecule has 0 spiro atoms. The van der Waals surface area contributed by atoms with Crippen LogP contribution < -0.4 is 0 Å². The van der Waals surface area contributed by atoms with Crippen molar-refractivity contribution in [2.45, 2.75) is 51.0 Å². The number of hydrogen-bond acceptors (Lipinski definition) is 2. The molecule has 1 aliphatic heterocycles. The molecule has 2 fully saturated rings. The molecule has 0 aromatic heterocycles. The average molecular weight is 248 g/mol. The highest BCUT2D eigenvalue weighted by atomic mass is 35.5. The summed E-state index contributed by atoms with van der Waals surface area (Å²) < 4.78 is 0. The number of halogens is 1. The van der Waals surface area contributed by atoms with E-state index in [1.807, 2.05) is 0 Å². The monoisotopic (exact) mass is 247 g/mol. The second kappa shape index (κ2) is 6.45. The molecule has 1 N–H and O–H groups in total. The van der Waals surface area contributed by atoms with Crippen LogP contribution in [0, 0.1) is 5.92 Å². The topological polar surface area (TPSA) is 40.5 Å². The number of nitrogens with zero attached hydrogens (tertiary/aromatic N) is 1. The van der Waals surface area contributed by atoms with Crippen LogP contribution in [0.1, 0.15) is 44.9 Å². The molecular formula is C12H22ClNO2. The molecule has 0 aromatic carbocycles. The highest BCUT2D eigenvalue weighted by molar-refractivity contribution is 5.85. The summed E-state index contributed by atoms with van der Waals surface area (Å²) in [6, 6.07) is -0.188. The minimum atomic E-state index is -0.622. The second-order valence-electron chi connectivity index (χ2n) is 5.00. The number of carbonyl (C=O) groups is 1. The predicted molar refractivity (Wildman–Crippen MR) is 66.1 cm³/mol. The molecule has 16 heavy (non-hydrogen) atoms. The molecule has 0 aromatic rings. The van der Waals surface area contributed by atoms with E-state index in [-0.39, 0.29) is 18.4 Å². The average Bonchev–Trinajstić information content (AvgIpc) is 2.67. The zero-order valence-electron chi connectivity index (χ0n) is 9.73. The van der Waals surface area contributed by atoms with Crippen molar-refractivity contribution >= 4 is 18.4 Å². The summed E-state index contributed by atoms with van der Waals surface area (Å²) in [6.07, 6.45) is 8.59. The van der Waals surface area contributed by atoms with E-state index >= 15 is 0 Å². The van der Waals surface area contributed by atoms with Gasteiger partial charge < -0.3 is 5.11 Å². The first kappa shape index (κ1) is 13.8. The largest absolute Gasteiger partial charge is 0.480 e. The van der Waals surface area contributed by atoms with Gasteiger partial charge in [-0.2, -0.15) is 0 Å². The summed E-state index contributed by atoms with van der Waals surface area (Å²) in [7, 11) is 0. The van der Waals surface area contributed by atoms with Crippen LogP contribution in [-0.2, 0) is 4.79 Å². The molecule has 1 aliphatic carbocycles. The van der Waals surface area contributed by atoms with Crippen LogP contribution in [-0.4, -0.2) is 35.1 Å². The van der Waals surface area contributed by atoms with E-state index in [1.165, 1.54) is 32.1 Å². The van der Waals surface area contributed by atoms with E-state index in [0.717, 1.165) is 31.8 Å². The summed E-state index contributed by atoms with van der Waals surface area (Å²) in [6.45, 7) is 2.02. The maximum atomic E-state index is 11.0. The van der Waals surface area contributed by atoms with E-state index < -0.39 is 5.97 Å². The molecule has 1 saturated carbocycles. The highest BCUT2D eigenvalue weighted by Gasteiger charge is 2.31. The minimum absolute atomic E-state index is 0. The zero-order chi connectivity index (χ0) is 10.7. The van der Waals surface area contributed by atoms with Gasteiger partial charge in [-0.25, -0.2) is 0 Å². The third-order valence-corrected chi connectivity index (χ3v) is 3.87. The smallest absolute Gasteiger partial charge is 0.320 e. The molecule has 2 aliphatic rings. The molecule has 1 unspecified atom stereocenters. The summed E-state index contributed by atoms with van der Waals surface area (Å²) >= 11 is 0. The number of hydrogen-bond donors (Lipinski definition) is 1. The molecule has 3 nitrogen and oxygen atoms in total. The van der Waals surface area contributed by atoms with E-state index in [2.05, 4.69) is 4.90 Å². The van der Waals surface area contributed by atoms with Crippen LogP contribution in [0.4, 0.5) is 0 Å². The minimum Gasteiger partial charge on any atom is -0.480 e. The summed E-state index contributed by atoms with van der Waals surface area (Å²) in [5.74, 6) is 0.141. The number of carboxylic acid groups (broad SMARTS) is 1. The van der Waals surface area contributed by atoms with Gasteiger partial charge in [-0.05, 0) is 38.1 Å². The quantitative estimate of drug-likeness (QED) is 0.833. The Balaban J connectivity index is 0.00000128. The third-order valence-electron chi connectivity index (χ3n) is 3.87. The molecule has 0 amide bonds. The van der Waals surface area contributed by atoms with Crippen molar-refractivity contribution in [2.75, 3.05) is 13.1 Å². The summed E-state index contributed by atoms with van der Waals surface area (Å²) in [4.78, 5) is 13.2. The lowest BCUT2D eigenvalue weighted by molar-refractivity contribution is -0.142. The van der Waals surface area contributed by atoms with Crippen LogP contribution >= 0.6 is 12.4 Å². The number of rotatable bonds is 3. The Kier molecular flexibility index (Phi) is 5.56. The fraction of sp³-hybridized carbons (Fsp3) is 0.917. The lowest BCUT2D eigenvalue weighted by atomic mass is 9.89. The van der Waals surface area contributed by atoms with Crippen molar-refractivity contribution in [1.29, 1.82) is 0 Å². The number of likely N-dealkylation sites (tertiary alicyclic amines) is 1. The number of carboxylic acids is 1. The summed E-state index contributed by atoms with van der Waals surface area (Å²) in [5, 5.41) is 9.07. The first-order chi connectivity index (χ1) is 7.27. The SMILES string of the molecule is Cl.O=C(O)C1CCCN1CC1CCCCC1. The van der Waals surface area contributed by atoms with Crippen molar-refractivity contribution in [1.82, 2.24) is 4.90 Å². The third kappa shape index (κ3) is 3.36. The zero-order valence-corrected chi connectivity index (χ0v) is 10.5. The van der Waals surface area contributed by atoms with Gasteiger partial charge in [0.25, 0.3) is 0 Å². The molecule has 4 heteroatoms. The first-order valence-electron chi connectivity index (χ1n) is 6.24. The molecule has 2 rings (SSSR count). The van der Waals surface area contributed by atoms with Gasteiger partial charge >= 0.3 is 5.97 Å². The van der Waals surface area contributed by atoms with Gasteiger partial charge in [0.05, 0.1) is 0 Å². The molecule has 1 heterocycles. The predicted octanol–water partition coefficient (Wildman–Crippen LogP) is 2.54. The maximum absolute atomic E-state index is 11.0. The molecule has 1 atom stereocenters. The lowest BCUT2D eigenvalue weighted by Gasteiger charge is -2.29. The van der Waals surface area contributed by atoms with E-state index in [4.69, 9.17) is 5.11 Å². The Morgan fingerprint density at radius 3 is 2.44 bits per heavy atom. The van der Waals surface area contributed by atoms with Crippen molar-refractivity contribution in [3.05, 3.63) is 0 Å². The number of aliphatic carboxylic acids is 1. The molecule has 0 radical (unpaired) electrons. The maximum Gasteiger partial charge on any atom is 0.320 e. The van der Waals surface area contributed by atoms with Gasteiger partial charge in [-0.1, -0.05) is 19.3 Å². The van der Waals surface area contributed by atoms with Gasteiger partial charge in [0, 0.05) is 6.54 Å². The van der Waals surface area contributed by atoms with E-state index in [0.29, 0.717) is 0 Å². The molecule has 94 valence electrons. The Labute approximate surface area is 104 Å². The normalized spacial score (nSPS) is 27.6. The van der Waals surface area contributed by atoms with Crippen molar-refractivity contribution in [3.8, 4) is 0 Å². The van der Waals surface area contributed by atoms with Gasteiger partial charge in [0.1, 0.15) is 6.04 Å². The fourth-order valence-electron chi connectivity index (χ4n) is 3.03. The highest BCUT2D eigenvalue weighted by Crippen LogP contribution is 2.27. The molecule has 1 saturated heterocycles. The molecule has 0 bridgehead atoms. The summed E-state index contributed by atoms with van der Waals surface area (Å²) in [5.41, 5.74) is 0. The second-order valence-corrected chi connectivity index (χ2v) is 5.00. The Hall–Kier alpha value is -0.280.